The molecular formula is C13H13N3O3. The maximum Gasteiger partial charge on any atom is 0.261 e. The predicted molar refractivity (Wildman–Crippen MR) is 66.8 cm³/mol. The average Bonchev–Trinajstić information content (AvgIpc) is 2.34. The summed E-state index contributed by atoms with van der Waals surface area (Å²) in [7, 11) is 0. The van der Waals surface area contributed by atoms with Crippen LogP contribution in [0.4, 0.5) is 0 Å². The van der Waals surface area contributed by atoms with E-state index in [0.717, 1.165) is 0 Å². The molecule has 19 heavy (non-hydrogen) atoms. The Morgan fingerprint density at radius 2 is 2.26 bits per heavy atom. The van der Waals surface area contributed by atoms with E-state index in [1.165, 1.54) is 6.07 Å². The van der Waals surface area contributed by atoms with E-state index in [2.05, 4.69) is 10.3 Å². The van der Waals surface area contributed by atoms with Crippen LogP contribution in [0.5, 0.6) is 0 Å². The minimum absolute atomic E-state index is 0.0701. The van der Waals surface area contributed by atoms with Crippen molar-refractivity contribution in [2.75, 3.05) is 6.54 Å². The van der Waals surface area contributed by atoms with Crippen molar-refractivity contribution in [2.45, 2.75) is 19.8 Å². The number of carbonyl (C=O) groups is 2. The first kappa shape index (κ1) is 13.0. The minimum Gasteiger partial charge on any atom is -0.339 e. The van der Waals surface area contributed by atoms with Gasteiger partial charge in [-0.15, -0.1) is 0 Å². The molecule has 1 heterocycles. The van der Waals surface area contributed by atoms with Crippen LogP contribution in [-0.4, -0.2) is 23.2 Å². The van der Waals surface area contributed by atoms with Crippen molar-refractivity contribution in [1.29, 1.82) is 5.26 Å². The topological polar surface area (TPSA) is 103 Å². The summed E-state index contributed by atoms with van der Waals surface area (Å²) >= 11 is 0. The molecule has 0 fully saturated rings. The lowest BCUT2D eigenvalue weighted by Gasteiger charge is -2.20. The van der Waals surface area contributed by atoms with Crippen molar-refractivity contribution < 1.29 is 9.59 Å². The Morgan fingerprint density at radius 1 is 1.53 bits per heavy atom. The Hall–Kier alpha value is -2.42. The molecule has 0 radical (unpaired) electrons. The van der Waals surface area contributed by atoms with Gasteiger partial charge in [0.2, 0.25) is 0 Å². The highest BCUT2D eigenvalue weighted by Crippen LogP contribution is 2.23. The Labute approximate surface area is 109 Å². The molecule has 1 aromatic rings. The van der Waals surface area contributed by atoms with Gasteiger partial charge >= 0.3 is 0 Å². The molecule has 98 valence electrons. The molecule has 0 bridgehead atoms. The summed E-state index contributed by atoms with van der Waals surface area (Å²) in [6.07, 6.45) is 1.04. The lowest BCUT2D eigenvalue weighted by atomic mass is 9.86. The molecule has 1 aliphatic rings. The van der Waals surface area contributed by atoms with E-state index in [1.54, 1.807) is 6.07 Å². The number of Topliss-reactive ketones (excluding diaryl/α,β-unsaturated/α-hetero) is 1. The summed E-state index contributed by atoms with van der Waals surface area (Å²) in [5.74, 6) is -0.523. The Morgan fingerprint density at radius 3 is 2.95 bits per heavy atom. The van der Waals surface area contributed by atoms with E-state index >= 15 is 0 Å². The molecular weight excluding hydrogens is 246 g/mol. The van der Waals surface area contributed by atoms with Crippen LogP contribution in [0.2, 0.25) is 0 Å². The van der Waals surface area contributed by atoms with Gasteiger partial charge in [0.1, 0.15) is 12.1 Å². The van der Waals surface area contributed by atoms with Crippen molar-refractivity contribution >= 4 is 11.7 Å². The molecule has 6 nitrogen and oxygen atoms in total. The van der Waals surface area contributed by atoms with Crippen LogP contribution in [-0.2, 0) is 6.42 Å². The first-order chi connectivity index (χ1) is 9.02. The molecule has 0 spiro atoms. The van der Waals surface area contributed by atoms with Crippen LogP contribution in [0.3, 0.4) is 0 Å². The number of nitrogens with zero attached hydrogens (tertiary/aromatic N) is 1. The number of H-pyrrole nitrogens is 1. The Bertz CT molecular complexity index is 640. The molecule has 1 aliphatic carbocycles. The fourth-order valence-corrected chi connectivity index (χ4v) is 2.21. The zero-order chi connectivity index (χ0) is 14.0. The summed E-state index contributed by atoms with van der Waals surface area (Å²) in [5, 5.41) is 10.7. The lowest BCUT2D eigenvalue weighted by molar-refractivity contribution is 0.0952. The predicted octanol–water partition coefficient (Wildman–Crippen LogP) is 0.393. The molecule has 0 saturated carbocycles. The van der Waals surface area contributed by atoms with Crippen LogP contribution < -0.4 is 10.9 Å². The van der Waals surface area contributed by atoms with E-state index < -0.39 is 11.5 Å². The number of pyridine rings is 1. The second-order valence-electron chi connectivity index (χ2n) is 4.68. The van der Waals surface area contributed by atoms with E-state index in [4.69, 9.17) is 5.26 Å². The van der Waals surface area contributed by atoms with Crippen LogP contribution in [0.1, 0.15) is 39.8 Å². The summed E-state index contributed by atoms with van der Waals surface area (Å²) in [6, 6.07) is 3.08. The first-order valence-corrected chi connectivity index (χ1v) is 5.97. The number of carbonyl (C=O) groups excluding carboxylic acids is 2. The normalized spacial score (nSPS) is 17.5. The quantitative estimate of drug-likeness (QED) is 0.750. The second-order valence-corrected chi connectivity index (χ2v) is 4.68. The zero-order valence-electron chi connectivity index (χ0n) is 10.4. The van der Waals surface area contributed by atoms with E-state index in [9.17, 15) is 14.4 Å². The van der Waals surface area contributed by atoms with Crippen molar-refractivity contribution in [3.05, 3.63) is 33.2 Å². The number of hydrogen-bond donors (Lipinski definition) is 2. The van der Waals surface area contributed by atoms with E-state index in [1.807, 2.05) is 6.92 Å². The Kier molecular flexibility index (Phi) is 3.47. The molecule has 1 atom stereocenters. The largest absolute Gasteiger partial charge is 0.339 e. The third kappa shape index (κ3) is 2.55. The van der Waals surface area contributed by atoms with Gasteiger partial charge in [-0.25, -0.2) is 0 Å². The van der Waals surface area contributed by atoms with Crippen LogP contribution in [0.15, 0.2) is 10.9 Å². The SMILES string of the molecule is CC1CC(=O)c2cc(C(=O)NCC#N)c(=O)[nH]c2C1. The third-order valence-corrected chi connectivity index (χ3v) is 3.08. The molecule has 1 amide bonds. The number of nitrogens with one attached hydrogen (secondary N) is 2. The number of hydrogen-bond acceptors (Lipinski definition) is 4. The molecule has 1 unspecified atom stereocenters. The number of fused-ring (bicyclic) bond motifs is 1. The van der Waals surface area contributed by atoms with Crippen LogP contribution in [0, 0.1) is 17.2 Å². The number of ketones is 1. The number of nitriles is 1. The standard InChI is InChI=1S/C13H13N3O3/c1-7-4-10-8(11(17)5-7)6-9(13(19)16-10)12(18)15-3-2-14/h6-7H,3-5H2,1H3,(H,15,18)(H,16,19). The summed E-state index contributed by atoms with van der Waals surface area (Å²) < 4.78 is 0. The van der Waals surface area contributed by atoms with E-state index in [-0.39, 0.29) is 23.8 Å². The van der Waals surface area contributed by atoms with Crippen LogP contribution >= 0.6 is 0 Å². The van der Waals surface area contributed by atoms with Crippen LogP contribution in [0.25, 0.3) is 0 Å². The highest BCUT2D eigenvalue weighted by molar-refractivity contribution is 6.01. The molecule has 6 heteroatoms. The third-order valence-electron chi connectivity index (χ3n) is 3.08. The van der Waals surface area contributed by atoms with Gasteiger partial charge in [-0.1, -0.05) is 6.92 Å². The monoisotopic (exact) mass is 259 g/mol. The molecule has 0 aromatic carbocycles. The van der Waals surface area contributed by atoms with Crippen molar-refractivity contribution in [2.24, 2.45) is 5.92 Å². The first-order valence-electron chi connectivity index (χ1n) is 5.97. The minimum atomic E-state index is -0.642. The smallest absolute Gasteiger partial charge is 0.261 e. The second kappa shape index (κ2) is 5.06. The van der Waals surface area contributed by atoms with Gasteiger partial charge < -0.3 is 10.3 Å². The maximum atomic E-state index is 11.9. The average molecular weight is 259 g/mol. The van der Waals surface area contributed by atoms with Crippen molar-refractivity contribution in [3.63, 3.8) is 0 Å². The maximum absolute atomic E-state index is 11.9. The summed E-state index contributed by atoms with van der Waals surface area (Å²) in [4.78, 5) is 38.0. The fraction of sp³-hybridized carbons (Fsp3) is 0.385. The highest BCUT2D eigenvalue weighted by atomic mass is 16.2. The molecule has 1 aromatic heterocycles. The number of aromatic nitrogens is 1. The van der Waals surface area contributed by atoms with Gasteiger partial charge in [0, 0.05) is 17.7 Å². The van der Waals surface area contributed by atoms with Gasteiger partial charge in [-0.3, -0.25) is 14.4 Å². The number of amides is 1. The number of rotatable bonds is 2. The highest BCUT2D eigenvalue weighted by Gasteiger charge is 2.25. The lowest BCUT2D eigenvalue weighted by Crippen LogP contribution is -2.32. The van der Waals surface area contributed by atoms with Gasteiger partial charge in [0.25, 0.3) is 11.5 Å². The van der Waals surface area contributed by atoms with Crippen molar-refractivity contribution in [1.82, 2.24) is 10.3 Å². The molecule has 0 saturated heterocycles. The van der Waals surface area contributed by atoms with Gasteiger partial charge in [-0.2, -0.15) is 5.26 Å². The van der Waals surface area contributed by atoms with Gasteiger partial charge in [0.15, 0.2) is 5.78 Å². The Balaban J connectivity index is 2.41. The van der Waals surface area contributed by atoms with E-state index in [0.29, 0.717) is 24.1 Å². The summed E-state index contributed by atoms with van der Waals surface area (Å²) in [5.41, 5.74) is 0.332. The molecule has 2 rings (SSSR count). The fourth-order valence-electron chi connectivity index (χ4n) is 2.21. The zero-order valence-corrected chi connectivity index (χ0v) is 10.4. The summed E-state index contributed by atoms with van der Waals surface area (Å²) in [6.45, 7) is 1.76. The molecule has 2 N–H and O–H groups in total. The molecule has 0 aliphatic heterocycles. The van der Waals surface area contributed by atoms with Gasteiger partial charge in [0.05, 0.1) is 6.07 Å². The van der Waals surface area contributed by atoms with Gasteiger partial charge in [-0.05, 0) is 18.4 Å². The number of aromatic amines is 1. The van der Waals surface area contributed by atoms with Crippen molar-refractivity contribution in [3.8, 4) is 6.07 Å².